The maximum atomic E-state index is 13.4. The van der Waals surface area contributed by atoms with Crippen molar-refractivity contribution in [2.45, 2.75) is 24.5 Å². The van der Waals surface area contributed by atoms with Gasteiger partial charge in [0.05, 0.1) is 18.0 Å². The van der Waals surface area contributed by atoms with Gasteiger partial charge in [0.1, 0.15) is 5.82 Å². The molecule has 1 aliphatic heterocycles. The maximum absolute atomic E-state index is 13.4. The molecule has 1 heterocycles. The topological polar surface area (TPSA) is 118 Å². The summed E-state index contributed by atoms with van der Waals surface area (Å²) in [7, 11) is -3.67. The van der Waals surface area contributed by atoms with Crippen LogP contribution in [-0.2, 0) is 15.7 Å². The Kier molecular flexibility index (Phi) is 7.89. The second kappa shape index (κ2) is 9.80. The number of likely N-dealkylation sites (tertiary alicyclic amines) is 1. The van der Waals surface area contributed by atoms with Gasteiger partial charge in [-0.1, -0.05) is 18.2 Å². The number of rotatable bonds is 4. The molecule has 0 amide bonds. The van der Waals surface area contributed by atoms with Gasteiger partial charge >= 0.3 is 0 Å². The monoisotopic (exact) mass is 445 g/mol. The zero-order chi connectivity index (χ0) is 22.5. The molecule has 4 N–H and O–H groups in total. The van der Waals surface area contributed by atoms with E-state index in [1.165, 1.54) is 24.3 Å². The van der Waals surface area contributed by atoms with Crippen LogP contribution in [0.2, 0.25) is 0 Å². The molecule has 10 heteroatoms. The van der Waals surface area contributed by atoms with Gasteiger partial charge in [0, 0.05) is 19.6 Å². The lowest BCUT2D eigenvalue weighted by molar-refractivity contribution is -0.0346. The van der Waals surface area contributed by atoms with E-state index in [1.54, 1.807) is 12.1 Å². The standard InChI is InChI=1S/C19H21F2NO3.CH4O3S/c20-15-3-1-2-14(11-15)19(25)6-8-22(9-7-19)12-18(24)13-4-5-17(23)16(21)10-13;1-5(2,3)4/h1-5,10-11,18,23-25H,6-9,12H2;1H3,(H,2,3,4). The molecule has 1 fully saturated rings. The number of β-amino-alcohol motifs (C(OH)–C–C–N with tert-alkyl or cyclic N) is 1. The third-order valence-electron chi connectivity index (χ3n) is 4.83. The largest absolute Gasteiger partial charge is 0.505 e. The molecule has 1 aliphatic rings. The van der Waals surface area contributed by atoms with Crippen LogP contribution in [0.4, 0.5) is 8.78 Å². The predicted octanol–water partition coefficient (Wildman–Crippen LogP) is 2.19. The second-order valence-electron chi connectivity index (χ2n) is 7.30. The number of nitrogens with zero attached hydrogens (tertiary/aromatic N) is 1. The summed E-state index contributed by atoms with van der Waals surface area (Å²) < 4.78 is 52.7. The van der Waals surface area contributed by atoms with Crippen LogP contribution in [0.15, 0.2) is 42.5 Å². The molecular formula is C20H25F2NO6S. The SMILES string of the molecule is CS(=O)(=O)O.Oc1ccc(C(O)CN2CCC(O)(c3cccc(F)c3)CC2)cc1F. The zero-order valence-corrected chi connectivity index (χ0v) is 17.2. The Balaban J connectivity index is 0.000000575. The molecule has 0 aliphatic carbocycles. The first-order valence-corrected chi connectivity index (χ1v) is 11.0. The first kappa shape index (κ1) is 24.2. The van der Waals surface area contributed by atoms with E-state index in [9.17, 15) is 32.5 Å². The highest BCUT2D eigenvalue weighted by molar-refractivity contribution is 7.85. The van der Waals surface area contributed by atoms with Gasteiger partial charge in [0.25, 0.3) is 10.1 Å². The van der Waals surface area contributed by atoms with Crippen molar-refractivity contribution in [2.24, 2.45) is 0 Å². The molecular weight excluding hydrogens is 420 g/mol. The van der Waals surface area contributed by atoms with E-state index in [0.717, 1.165) is 6.07 Å². The fourth-order valence-corrected chi connectivity index (χ4v) is 3.25. The number of aromatic hydroxyl groups is 1. The van der Waals surface area contributed by atoms with Crippen molar-refractivity contribution >= 4 is 10.1 Å². The van der Waals surface area contributed by atoms with Gasteiger partial charge in [-0.25, -0.2) is 8.78 Å². The highest BCUT2D eigenvalue weighted by Crippen LogP contribution is 2.33. The molecule has 166 valence electrons. The molecule has 2 aromatic rings. The number of phenols is 1. The van der Waals surface area contributed by atoms with Gasteiger partial charge in [-0.3, -0.25) is 4.55 Å². The Labute approximate surface area is 174 Å². The molecule has 30 heavy (non-hydrogen) atoms. The van der Waals surface area contributed by atoms with E-state index in [1.807, 2.05) is 4.90 Å². The van der Waals surface area contributed by atoms with Crippen LogP contribution in [0.1, 0.15) is 30.1 Å². The molecule has 1 saturated heterocycles. The Hall–Kier alpha value is -2.11. The second-order valence-corrected chi connectivity index (χ2v) is 8.77. The van der Waals surface area contributed by atoms with Crippen molar-refractivity contribution < 1.29 is 37.1 Å². The fourth-order valence-electron chi connectivity index (χ4n) is 3.25. The minimum absolute atomic E-state index is 0.295. The molecule has 0 aromatic heterocycles. The summed E-state index contributed by atoms with van der Waals surface area (Å²) in [5.41, 5.74) is -0.122. The third kappa shape index (κ3) is 7.29. The lowest BCUT2D eigenvalue weighted by atomic mass is 9.84. The summed E-state index contributed by atoms with van der Waals surface area (Å²) in [5, 5.41) is 30.3. The highest BCUT2D eigenvalue weighted by Gasteiger charge is 2.34. The number of piperidine rings is 1. The van der Waals surface area contributed by atoms with Crippen LogP contribution in [0.25, 0.3) is 0 Å². The van der Waals surface area contributed by atoms with Crippen LogP contribution >= 0.6 is 0 Å². The van der Waals surface area contributed by atoms with Crippen molar-refractivity contribution in [1.82, 2.24) is 4.90 Å². The zero-order valence-electron chi connectivity index (χ0n) is 16.4. The van der Waals surface area contributed by atoms with Crippen LogP contribution in [-0.4, -0.2) is 59.1 Å². The Morgan fingerprint density at radius 1 is 1.13 bits per heavy atom. The van der Waals surface area contributed by atoms with Crippen molar-refractivity contribution in [3.05, 3.63) is 65.2 Å². The first-order chi connectivity index (χ1) is 13.9. The minimum Gasteiger partial charge on any atom is -0.505 e. The molecule has 0 spiro atoms. The lowest BCUT2D eigenvalue weighted by Crippen LogP contribution is -2.44. The fraction of sp³-hybridized carbons (Fsp3) is 0.400. The van der Waals surface area contributed by atoms with E-state index in [-0.39, 0.29) is 5.82 Å². The van der Waals surface area contributed by atoms with Crippen molar-refractivity contribution in [2.75, 3.05) is 25.9 Å². The van der Waals surface area contributed by atoms with Crippen LogP contribution < -0.4 is 0 Å². The summed E-state index contributed by atoms with van der Waals surface area (Å²) in [5.74, 6) is -1.59. The summed E-state index contributed by atoms with van der Waals surface area (Å²) in [4.78, 5) is 1.98. The molecule has 0 radical (unpaired) electrons. The molecule has 0 saturated carbocycles. The number of hydrogen-bond acceptors (Lipinski definition) is 6. The normalized spacial score (nSPS) is 17.7. The minimum atomic E-state index is -3.67. The average Bonchev–Trinajstić information content (AvgIpc) is 2.64. The van der Waals surface area contributed by atoms with Crippen LogP contribution in [0.5, 0.6) is 5.75 Å². The molecule has 1 atom stereocenters. The molecule has 3 rings (SSSR count). The summed E-state index contributed by atoms with van der Waals surface area (Å²) >= 11 is 0. The van der Waals surface area contributed by atoms with Gasteiger partial charge in [-0.15, -0.1) is 0 Å². The highest BCUT2D eigenvalue weighted by atomic mass is 32.2. The number of aliphatic hydroxyl groups is 2. The Bertz CT molecular complexity index is 954. The van der Waals surface area contributed by atoms with Crippen LogP contribution in [0.3, 0.4) is 0 Å². The van der Waals surface area contributed by atoms with E-state index >= 15 is 0 Å². The first-order valence-electron chi connectivity index (χ1n) is 9.17. The summed E-state index contributed by atoms with van der Waals surface area (Å²) in [6, 6.07) is 9.81. The quantitative estimate of drug-likeness (QED) is 0.533. The Morgan fingerprint density at radius 3 is 2.27 bits per heavy atom. The van der Waals surface area contributed by atoms with E-state index < -0.39 is 33.4 Å². The van der Waals surface area contributed by atoms with Gasteiger partial charge in [-0.2, -0.15) is 8.42 Å². The van der Waals surface area contributed by atoms with Gasteiger partial charge in [0.2, 0.25) is 0 Å². The number of hydrogen-bond donors (Lipinski definition) is 4. The smallest absolute Gasteiger partial charge is 0.261 e. The average molecular weight is 445 g/mol. The van der Waals surface area contributed by atoms with E-state index in [0.29, 0.717) is 49.9 Å². The summed E-state index contributed by atoms with van der Waals surface area (Å²) in [6.07, 6.45) is 0.670. The van der Waals surface area contributed by atoms with Crippen molar-refractivity contribution in [3.8, 4) is 5.75 Å². The number of halogens is 2. The van der Waals surface area contributed by atoms with Gasteiger partial charge in [0.15, 0.2) is 11.6 Å². The third-order valence-corrected chi connectivity index (χ3v) is 4.83. The van der Waals surface area contributed by atoms with Crippen LogP contribution in [0, 0.1) is 11.6 Å². The van der Waals surface area contributed by atoms with Gasteiger partial charge < -0.3 is 20.2 Å². The molecule has 2 aromatic carbocycles. The Morgan fingerprint density at radius 2 is 1.73 bits per heavy atom. The molecule has 1 unspecified atom stereocenters. The maximum Gasteiger partial charge on any atom is 0.261 e. The number of aliphatic hydroxyl groups excluding tert-OH is 1. The number of benzene rings is 2. The van der Waals surface area contributed by atoms with Crippen molar-refractivity contribution in [3.63, 3.8) is 0 Å². The summed E-state index contributed by atoms with van der Waals surface area (Å²) in [6.45, 7) is 1.36. The lowest BCUT2D eigenvalue weighted by Gasteiger charge is -2.39. The molecule has 7 nitrogen and oxygen atoms in total. The van der Waals surface area contributed by atoms with E-state index in [2.05, 4.69) is 0 Å². The molecule has 0 bridgehead atoms. The van der Waals surface area contributed by atoms with Gasteiger partial charge in [-0.05, 0) is 48.2 Å². The predicted molar refractivity (Wildman–Crippen MR) is 106 cm³/mol. The van der Waals surface area contributed by atoms with E-state index in [4.69, 9.17) is 4.55 Å². The number of phenolic OH excluding ortho intramolecular Hbond substituents is 1. The van der Waals surface area contributed by atoms with Crippen molar-refractivity contribution in [1.29, 1.82) is 0 Å².